The number of hydrogen-bond donors (Lipinski definition) is 0. The van der Waals surface area contributed by atoms with Crippen molar-refractivity contribution in [2.75, 3.05) is 0 Å². The van der Waals surface area contributed by atoms with Gasteiger partial charge < -0.3 is 0 Å². The molecule has 10 heteroatoms. The second kappa shape index (κ2) is 4.94. The van der Waals surface area contributed by atoms with Gasteiger partial charge in [-0.05, 0) is 6.07 Å². The first-order valence-electron chi connectivity index (χ1n) is 4.18. The summed E-state index contributed by atoms with van der Waals surface area (Å²) in [5.74, 6) is 0. The highest BCUT2D eigenvalue weighted by molar-refractivity contribution is 8.13. The maximum absolute atomic E-state index is 12.6. The van der Waals surface area contributed by atoms with Crippen LogP contribution in [0.3, 0.4) is 0 Å². The SMILES string of the molecule is O=Cc1c(C(F)F)cc(S(=O)(=O)Cl)cc1[N+](=O)[O-]. The molecule has 18 heavy (non-hydrogen) atoms. The second-order valence-electron chi connectivity index (χ2n) is 3.06. The van der Waals surface area contributed by atoms with Crippen LogP contribution in [0.5, 0.6) is 0 Å². The van der Waals surface area contributed by atoms with E-state index in [9.17, 15) is 32.1 Å². The van der Waals surface area contributed by atoms with E-state index in [0.717, 1.165) is 0 Å². The molecule has 0 atom stereocenters. The van der Waals surface area contributed by atoms with Gasteiger partial charge in [0.15, 0.2) is 6.29 Å². The predicted molar refractivity (Wildman–Crippen MR) is 56.5 cm³/mol. The zero-order chi connectivity index (χ0) is 14.1. The molecule has 0 N–H and O–H groups in total. The van der Waals surface area contributed by atoms with Crippen LogP contribution in [0, 0.1) is 10.1 Å². The molecule has 1 aromatic carbocycles. The summed E-state index contributed by atoms with van der Waals surface area (Å²) in [6, 6.07) is 0.891. The smallest absolute Gasteiger partial charge is 0.281 e. The number of rotatable bonds is 4. The molecule has 0 radical (unpaired) electrons. The van der Waals surface area contributed by atoms with Crippen molar-refractivity contribution in [2.24, 2.45) is 0 Å². The van der Waals surface area contributed by atoms with Crippen LogP contribution >= 0.6 is 10.7 Å². The molecule has 1 rings (SSSR count). The van der Waals surface area contributed by atoms with Crippen LogP contribution in [0.1, 0.15) is 22.3 Å². The third-order valence-corrected chi connectivity index (χ3v) is 3.33. The number of nitro groups is 1. The van der Waals surface area contributed by atoms with E-state index in [0.29, 0.717) is 12.1 Å². The van der Waals surface area contributed by atoms with Crippen molar-refractivity contribution < 1.29 is 26.9 Å². The molecular weight excluding hydrogens is 296 g/mol. The molecule has 0 saturated carbocycles. The maximum Gasteiger partial charge on any atom is 0.281 e. The highest BCUT2D eigenvalue weighted by atomic mass is 35.7. The standard InChI is InChI=1S/C8H4ClF2NO5S/c9-18(16,17)4-1-5(8(10)11)6(3-13)7(2-4)12(14)15/h1-3,8H. The van der Waals surface area contributed by atoms with Crippen LogP contribution in [0.4, 0.5) is 14.5 Å². The van der Waals surface area contributed by atoms with E-state index in [2.05, 4.69) is 0 Å². The average molecular weight is 300 g/mol. The lowest BCUT2D eigenvalue weighted by molar-refractivity contribution is -0.385. The summed E-state index contributed by atoms with van der Waals surface area (Å²) in [4.78, 5) is 19.2. The summed E-state index contributed by atoms with van der Waals surface area (Å²) in [6.07, 6.45) is -3.38. The number of aldehydes is 1. The summed E-state index contributed by atoms with van der Waals surface area (Å²) in [6.45, 7) is 0. The normalized spacial score (nSPS) is 11.6. The number of halogens is 3. The molecule has 0 aliphatic heterocycles. The van der Waals surface area contributed by atoms with Gasteiger partial charge in [0.1, 0.15) is 5.56 Å². The van der Waals surface area contributed by atoms with Crippen molar-refractivity contribution in [1.82, 2.24) is 0 Å². The minimum absolute atomic E-state index is 0.135. The van der Waals surface area contributed by atoms with Gasteiger partial charge in [0, 0.05) is 22.3 Å². The zero-order valence-corrected chi connectivity index (χ0v) is 9.91. The number of alkyl halides is 2. The Kier molecular flexibility index (Phi) is 3.97. The topological polar surface area (TPSA) is 94.3 Å². The summed E-state index contributed by atoms with van der Waals surface area (Å²) in [5, 5.41) is 10.6. The lowest BCUT2D eigenvalue weighted by Crippen LogP contribution is -2.04. The maximum atomic E-state index is 12.6. The Labute approximate surface area is 104 Å². The molecule has 98 valence electrons. The van der Waals surface area contributed by atoms with Crippen LogP contribution in [-0.4, -0.2) is 19.6 Å². The van der Waals surface area contributed by atoms with E-state index >= 15 is 0 Å². The first kappa shape index (κ1) is 14.5. The summed E-state index contributed by atoms with van der Waals surface area (Å²) in [5.41, 5.74) is -2.97. The Morgan fingerprint density at radius 3 is 2.28 bits per heavy atom. The minimum Gasteiger partial charge on any atom is -0.298 e. The van der Waals surface area contributed by atoms with Crippen LogP contribution in [0.25, 0.3) is 0 Å². The van der Waals surface area contributed by atoms with Crippen molar-refractivity contribution >= 4 is 31.7 Å². The number of hydrogen-bond acceptors (Lipinski definition) is 5. The van der Waals surface area contributed by atoms with Gasteiger partial charge in [-0.15, -0.1) is 0 Å². The lowest BCUT2D eigenvalue weighted by atomic mass is 10.1. The summed E-state index contributed by atoms with van der Waals surface area (Å²) < 4.78 is 47.2. The van der Waals surface area contributed by atoms with Crippen LogP contribution in [-0.2, 0) is 9.05 Å². The molecule has 0 aromatic heterocycles. The van der Waals surface area contributed by atoms with Crippen molar-refractivity contribution in [1.29, 1.82) is 0 Å². The largest absolute Gasteiger partial charge is 0.298 e. The fourth-order valence-corrected chi connectivity index (χ4v) is 2.02. The number of carbonyl (C=O) groups excluding carboxylic acids is 1. The van der Waals surface area contributed by atoms with E-state index in [1.54, 1.807) is 0 Å². The van der Waals surface area contributed by atoms with E-state index in [1.165, 1.54) is 0 Å². The number of nitro benzene ring substituents is 1. The quantitative estimate of drug-likeness (QED) is 0.368. The Morgan fingerprint density at radius 1 is 1.39 bits per heavy atom. The van der Waals surface area contributed by atoms with E-state index < -0.39 is 42.1 Å². The first-order chi connectivity index (χ1) is 8.18. The third kappa shape index (κ3) is 2.79. The minimum atomic E-state index is -4.42. The van der Waals surface area contributed by atoms with E-state index in [1.807, 2.05) is 0 Å². The van der Waals surface area contributed by atoms with Gasteiger partial charge >= 0.3 is 0 Å². The fourth-order valence-electron chi connectivity index (χ4n) is 1.23. The Balaban J connectivity index is 3.76. The van der Waals surface area contributed by atoms with Gasteiger partial charge in [0.2, 0.25) is 0 Å². The molecule has 0 bridgehead atoms. The van der Waals surface area contributed by atoms with Crippen LogP contribution in [0.15, 0.2) is 17.0 Å². The molecule has 0 aliphatic rings. The Bertz CT molecular complexity index is 616. The van der Waals surface area contributed by atoms with E-state index in [-0.39, 0.29) is 6.29 Å². The van der Waals surface area contributed by atoms with Gasteiger partial charge in [-0.3, -0.25) is 14.9 Å². The molecule has 1 aromatic rings. The molecule has 0 amide bonds. The summed E-state index contributed by atoms with van der Waals surface area (Å²) in [7, 11) is 0.502. The second-order valence-corrected chi connectivity index (χ2v) is 5.62. The van der Waals surface area contributed by atoms with Crippen molar-refractivity contribution in [3.8, 4) is 0 Å². The lowest BCUT2D eigenvalue weighted by Gasteiger charge is -2.06. The molecule has 0 heterocycles. The molecule has 0 spiro atoms. The molecule has 0 saturated heterocycles. The Hall–Kier alpha value is -1.61. The third-order valence-electron chi connectivity index (χ3n) is 1.99. The molecule has 6 nitrogen and oxygen atoms in total. The predicted octanol–water partition coefficient (Wildman–Crippen LogP) is 2.27. The number of benzene rings is 1. The molecule has 0 unspecified atom stereocenters. The highest BCUT2D eigenvalue weighted by Crippen LogP contribution is 2.32. The van der Waals surface area contributed by atoms with Gasteiger partial charge in [-0.1, -0.05) is 0 Å². The molecule has 0 aliphatic carbocycles. The molecule has 0 fully saturated rings. The van der Waals surface area contributed by atoms with Crippen LogP contribution < -0.4 is 0 Å². The van der Waals surface area contributed by atoms with Gasteiger partial charge in [-0.2, -0.15) is 0 Å². The van der Waals surface area contributed by atoms with Crippen LogP contribution in [0.2, 0.25) is 0 Å². The monoisotopic (exact) mass is 299 g/mol. The van der Waals surface area contributed by atoms with Gasteiger partial charge in [0.05, 0.1) is 9.82 Å². The molecular formula is C8H4ClF2NO5S. The number of nitrogens with zero attached hydrogens (tertiary/aromatic N) is 1. The van der Waals surface area contributed by atoms with Crippen molar-refractivity contribution in [3.05, 3.63) is 33.4 Å². The van der Waals surface area contributed by atoms with E-state index in [4.69, 9.17) is 10.7 Å². The zero-order valence-electron chi connectivity index (χ0n) is 8.34. The van der Waals surface area contributed by atoms with Crippen molar-refractivity contribution in [3.63, 3.8) is 0 Å². The highest BCUT2D eigenvalue weighted by Gasteiger charge is 2.27. The first-order valence-corrected chi connectivity index (χ1v) is 6.49. The van der Waals surface area contributed by atoms with Crippen molar-refractivity contribution in [2.45, 2.75) is 11.3 Å². The van der Waals surface area contributed by atoms with Gasteiger partial charge in [-0.25, -0.2) is 17.2 Å². The summed E-state index contributed by atoms with van der Waals surface area (Å²) >= 11 is 0. The fraction of sp³-hybridized carbons (Fsp3) is 0.125. The average Bonchev–Trinajstić information content (AvgIpc) is 2.25. The number of carbonyl (C=O) groups is 1. The Morgan fingerprint density at radius 2 is 1.94 bits per heavy atom. The van der Waals surface area contributed by atoms with Gasteiger partial charge in [0.25, 0.3) is 21.2 Å².